The van der Waals surface area contributed by atoms with E-state index in [0.717, 1.165) is 49.3 Å². The third kappa shape index (κ3) is 3.47. The number of aromatic nitrogens is 3. The summed E-state index contributed by atoms with van der Waals surface area (Å²) in [5.74, 6) is 1.60. The van der Waals surface area contributed by atoms with Gasteiger partial charge in [-0.2, -0.15) is 4.98 Å². The number of para-hydroxylation sites is 1. The van der Waals surface area contributed by atoms with Gasteiger partial charge < -0.3 is 10.1 Å². The first kappa shape index (κ1) is 20.6. The quantitative estimate of drug-likeness (QED) is 0.309. The van der Waals surface area contributed by atoms with E-state index in [9.17, 15) is 0 Å². The maximum Gasteiger partial charge on any atom is 0.227 e. The molecule has 0 amide bonds. The van der Waals surface area contributed by atoms with E-state index in [1.165, 1.54) is 5.56 Å². The molecule has 0 unspecified atom stereocenters. The average Bonchev–Trinajstić information content (AvgIpc) is 3.26. The molecule has 4 aromatic rings. The second kappa shape index (κ2) is 8.08. The van der Waals surface area contributed by atoms with E-state index in [2.05, 4.69) is 82.8 Å². The SMILES string of the molecule is CSc1nc2n(n1)[C@H](c1ccc(C)cc1)C1=C(N2)c2ccccc2O[C@@H]1c1ccc(Br)cc1. The highest BCUT2D eigenvalue weighted by Gasteiger charge is 2.41. The van der Waals surface area contributed by atoms with Gasteiger partial charge in [0.2, 0.25) is 11.1 Å². The standard InChI is InChI=1S/C26H21BrN4OS/c1-15-7-9-16(10-8-15)23-21-22(28-25-29-26(33-2)30-31(23)25)19-5-3-4-6-20(19)32-24(21)17-11-13-18(27)14-12-17/h3-14,23-24H,1-2H3,(H,28,29,30)/t23-,24-/m1/s1. The van der Waals surface area contributed by atoms with E-state index >= 15 is 0 Å². The molecule has 1 N–H and O–H groups in total. The van der Waals surface area contributed by atoms with Crippen molar-refractivity contribution in [3.05, 3.63) is 105 Å². The van der Waals surface area contributed by atoms with Crippen molar-refractivity contribution >= 4 is 39.3 Å². The zero-order chi connectivity index (χ0) is 22.5. The largest absolute Gasteiger partial charge is 0.480 e. The maximum absolute atomic E-state index is 6.67. The number of benzene rings is 3. The Balaban J connectivity index is 1.62. The van der Waals surface area contributed by atoms with Crippen molar-refractivity contribution in [2.45, 2.75) is 24.2 Å². The molecule has 1 aromatic heterocycles. The Morgan fingerprint density at radius 1 is 0.970 bits per heavy atom. The molecule has 0 spiro atoms. The molecule has 0 saturated carbocycles. The first-order valence-corrected chi connectivity index (χ1v) is 12.7. The Hall–Kier alpha value is -3.03. The molecule has 3 aromatic carbocycles. The lowest BCUT2D eigenvalue weighted by Gasteiger charge is -2.39. The second-order valence-corrected chi connectivity index (χ2v) is 9.87. The van der Waals surface area contributed by atoms with Crippen LogP contribution in [0, 0.1) is 6.92 Å². The highest BCUT2D eigenvalue weighted by atomic mass is 79.9. The number of halogens is 1. The number of rotatable bonds is 3. The van der Waals surface area contributed by atoms with Gasteiger partial charge in [-0.1, -0.05) is 81.8 Å². The fourth-order valence-corrected chi connectivity index (χ4v) is 5.14. The van der Waals surface area contributed by atoms with Crippen LogP contribution in [0.4, 0.5) is 5.95 Å². The molecular formula is C26H21BrN4OS. The molecule has 3 heterocycles. The fourth-order valence-electron chi connectivity index (χ4n) is 4.53. The third-order valence-corrected chi connectivity index (χ3v) is 7.18. The summed E-state index contributed by atoms with van der Waals surface area (Å²) in [6.07, 6.45) is 1.73. The molecule has 0 fully saturated rings. The molecule has 164 valence electrons. The van der Waals surface area contributed by atoms with Gasteiger partial charge in [0.25, 0.3) is 0 Å². The van der Waals surface area contributed by atoms with Gasteiger partial charge in [0.15, 0.2) is 0 Å². The number of aryl methyl sites for hydroxylation is 1. The fraction of sp³-hybridized carbons (Fsp3) is 0.154. The summed E-state index contributed by atoms with van der Waals surface area (Å²) < 4.78 is 9.71. The lowest BCUT2D eigenvalue weighted by atomic mass is 9.84. The van der Waals surface area contributed by atoms with Gasteiger partial charge in [-0.15, -0.1) is 5.10 Å². The molecule has 6 rings (SSSR count). The summed E-state index contributed by atoms with van der Waals surface area (Å²) in [4.78, 5) is 4.76. The van der Waals surface area contributed by atoms with Crippen LogP contribution in [0.5, 0.6) is 5.75 Å². The number of thioether (sulfide) groups is 1. The number of anilines is 1. The summed E-state index contributed by atoms with van der Waals surface area (Å²) in [6.45, 7) is 2.11. The molecule has 7 heteroatoms. The van der Waals surface area contributed by atoms with E-state index < -0.39 is 0 Å². The van der Waals surface area contributed by atoms with Gasteiger partial charge in [0.05, 0.1) is 5.70 Å². The van der Waals surface area contributed by atoms with Crippen molar-refractivity contribution in [1.82, 2.24) is 14.8 Å². The number of fused-ring (bicyclic) bond motifs is 3. The van der Waals surface area contributed by atoms with E-state index in [1.54, 1.807) is 11.8 Å². The predicted octanol–water partition coefficient (Wildman–Crippen LogP) is 6.63. The second-order valence-electron chi connectivity index (χ2n) is 8.18. The zero-order valence-corrected chi connectivity index (χ0v) is 20.5. The van der Waals surface area contributed by atoms with Crippen LogP contribution in [0.1, 0.15) is 34.4 Å². The minimum atomic E-state index is -0.267. The summed E-state index contributed by atoms with van der Waals surface area (Å²) in [5.41, 5.74) is 6.68. The van der Waals surface area contributed by atoms with Gasteiger partial charge >= 0.3 is 0 Å². The smallest absolute Gasteiger partial charge is 0.227 e. The monoisotopic (exact) mass is 516 g/mol. The van der Waals surface area contributed by atoms with Crippen LogP contribution in [0.2, 0.25) is 0 Å². The Morgan fingerprint density at radius 2 is 1.70 bits per heavy atom. The van der Waals surface area contributed by atoms with Crippen molar-refractivity contribution in [3.8, 4) is 5.75 Å². The first-order chi connectivity index (χ1) is 16.1. The van der Waals surface area contributed by atoms with Crippen molar-refractivity contribution in [2.75, 3.05) is 11.6 Å². The van der Waals surface area contributed by atoms with Gasteiger partial charge in [0.1, 0.15) is 17.9 Å². The lowest BCUT2D eigenvalue weighted by Crippen LogP contribution is -2.32. The number of nitrogens with one attached hydrogen (secondary N) is 1. The Morgan fingerprint density at radius 3 is 2.45 bits per heavy atom. The van der Waals surface area contributed by atoms with Crippen LogP contribution >= 0.6 is 27.7 Å². The highest BCUT2D eigenvalue weighted by Crippen LogP contribution is 2.50. The normalized spacial score (nSPS) is 18.6. The Labute approximate surface area is 205 Å². The third-order valence-electron chi connectivity index (χ3n) is 6.11. The van der Waals surface area contributed by atoms with E-state index in [4.69, 9.17) is 14.8 Å². The molecule has 0 bridgehead atoms. The van der Waals surface area contributed by atoms with Crippen molar-refractivity contribution in [1.29, 1.82) is 0 Å². The van der Waals surface area contributed by atoms with Gasteiger partial charge in [-0.3, -0.25) is 0 Å². The summed E-state index contributed by atoms with van der Waals surface area (Å²) >= 11 is 5.10. The lowest BCUT2D eigenvalue weighted by molar-refractivity contribution is 0.223. The van der Waals surface area contributed by atoms with Crippen molar-refractivity contribution in [3.63, 3.8) is 0 Å². The van der Waals surface area contributed by atoms with E-state index in [-0.39, 0.29) is 12.1 Å². The van der Waals surface area contributed by atoms with Gasteiger partial charge in [-0.25, -0.2) is 4.68 Å². The van der Waals surface area contributed by atoms with Crippen LogP contribution in [-0.2, 0) is 0 Å². The molecule has 2 atom stereocenters. The Bertz CT molecular complexity index is 1380. The summed E-state index contributed by atoms with van der Waals surface area (Å²) in [7, 11) is 0. The van der Waals surface area contributed by atoms with Crippen LogP contribution in [0.3, 0.4) is 0 Å². The van der Waals surface area contributed by atoms with Crippen molar-refractivity contribution < 1.29 is 4.74 Å². The van der Waals surface area contributed by atoms with Gasteiger partial charge in [0, 0.05) is 15.6 Å². The molecule has 5 nitrogen and oxygen atoms in total. The average molecular weight is 517 g/mol. The molecule has 2 aliphatic rings. The van der Waals surface area contributed by atoms with Gasteiger partial charge in [-0.05, 0) is 48.6 Å². The van der Waals surface area contributed by atoms with Crippen LogP contribution < -0.4 is 10.1 Å². The molecular weight excluding hydrogens is 496 g/mol. The Kier molecular flexibility index (Phi) is 5.03. The minimum Gasteiger partial charge on any atom is -0.480 e. The molecule has 33 heavy (non-hydrogen) atoms. The molecule has 0 aliphatic carbocycles. The van der Waals surface area contributed by atoms with E-state index in [0.29, 0.717) is 0 Å². The van der Waals surface area contributed by atoms with Crippen molar-refractivity contribution in [2.24, 2.45) is 0 Å². The van der Waals surface area contributed by atoms with Crippen LogP contribution in [-0.4, -0.2) is 21.0 Å². The number of hydrogen-bond donors (Lipinski definition) is 1. The maximum atomic E-state index is 6.67. The topological polar surface area (TPSA) is 52.0 Å². The summed E-state index contributed by atoms with van der Waals surface area (Å²) in [6, 6.07) is 25.0. The molecule has 0 radical (unpaired) electrons. The first-order valence-electron chi connectivity index (χ1n) is 10.7. The van der Waals surface area contributed by atoms with Crippen LogP contribution in [0.15, 0.2) is 88.0 Å². The predicted molar refractivity (Wildman–Crippen MR) is 136 cm³/mol. The number of hydrogen-bond acceptors (Lipinski definition) is 5. The number of nitrogens with zero attached hydrogens (tertiary/aromatic N) is 3. The highest BCUT2D eigenvalue weighted by molar-refractivity contribution is 9.10. The zero-order valence-electron chi connectivity index (χ0n) is 18.1. The van der Waals surface area contributed by atoms with Crippen LogP contribution in [0.25, 0.3) is 5.70 Å². The molecule has 0 saturated heterocycles. The number of ether oxygens (including phenoxy) is 1. The summed E-state index contributed by atoms with van der Waals surface area (Å²) in [5, 5.41) is 9.19. The van der Waals surface area contributed by atoms with E-state index in [1.807, 2.05) is 29.1 Å². The minimum absolute atomic E-state index is 0.146. The molecule has 2 aliphatic heterocycles.